The van der Waals surface area contributed by atoms with Gasteiger partial charge in [0.2, 0.25) is 5.91 Å². The van der Waals surface area contributed by atoms with Crippen molar-refractivity contribution in [3.05, 3.63) is 24.3 Å². The van der Waals surface area contributed by atoms with Gasteiger partial charge in [-0.1, -0.05) is 0 Å². The van der Waals surface area contributed by atoms with Crippen molar-refractivity contribution in [2.45, 2.75) is 6.42 Å². The first-order chi connectivity index (χ1) is 10.3. The van der Waals surface area contributed by atoms with E-state index in [-0.39, 0.29) is 18.4 Å². The number of nitrogens with zero attached hydrogens (tertiary/aromatic N) is 2. The van der Waals surface area contributed by atoms with Gasteiger partial charge in [0.05, 0.1) is 7.11 Å². The van der Waals surface area contributed by atoms with E-state index in [2.05, 4.69) is 4.72 Å². The average molecular weight is 327 g/mol. The van der Waals surface area contributed by atoms with Crippen LogP contribution in [0.25, 0.3) is 0 Å². The van der Waals surface area contributed by atoms with Crippen molar-refractivity contribution in [3.63, 3.8) is 0 Å². The third-order valence-electron chi connectivity index (χ3n) is 3.62. The van der Waals surface area contributed by atoms with Crippen LogP contribution in [0.5, 0.6) is 5.75 Å². The number of hydrogen-bond donors (Lipinski definition) is 1. The second-order valence-electron chi connectivity index (χ2n) is 5.41. The Morgan fingerprint density at radius 2 is 1.95 bits per heavy atom. The number of nitrogens with one attached hydrogen (secondary N) is 1. The first-order valence-corrected chi connectivity index (χ1v) is 8.39. The molecule has 0 spiro atoms. The standard InChI is InChI=1S/C14H21N3O4S/c1-16(2)22(19,20)15-9-11-8-14(18)17(10-11)12-4-6-13(21-3)7-5-12/h4-7,11,15H,8-10H2,1-3H3/t11-/m0/s1. The van der Waals surface area contributed by atoms with Crippen molar-refractivity contribution in [2.75, 3.05) is 39.2 Å². The van der Waals surface area contributed by atoms with Crippen LogP contribution in [-0.2, 0) is 15.0 Å². The van der Waals surface area contributed by atoms with Gasteiger partial charge in [0.15, 0.2) is 0 Å². The molecule has 1 aromatic rings. The molecule has 1 aliphatic heterocycles. The van der Waals surface area contributed by atoms with E-state index in [0.29, 0.717) is 13.0 Å². The van der Waals surface area contributed by atoms with Gasteiger partial charge >= 0.3 is 0 Å². The van der Waals surface area contributed by atoms with Gasteiger partial charge in [-0.15, -0.1) is 0 Å². The third-order valence-corrected chi connectivity index (χ3v) is 5.12. The molecule has 0 unspecified atom stereocenters. The number of carbonyl (C=O) groups is 1. The summed E-state index contributed by atoms with van der Waals surface area (Å²) in [4.78, 5) is 13.8. The van der Waals surface area contributed by atoms with Crippen LogP contribution >= 0.6 is 0 Å². The lowest BCUT2D eigenvalue weighted by molar-refractivity contribution is -0.117. The molecule has 1 N–H and O–H groups in total. The highest BCUT2D eigenvalue weighted by molar-refractivity contribution is 7.87. The van der Waals surface area contributed by atoms with Crippen molar-refractivity contribution in [1.29, 1.82) is 0 Å². The zero-order chi connectivity index (χ0) is 16.3. The highest BCUT2D eigenvalue weighted by atomic mass is 32.2. The van der Waals surface area contributed by atoms with Crippen molar-refractivity contribution in [2.24, 2.45) is 5.92 Å². The molecular weight excluding hydrogens is 306 g/mol. The minimum absolute atomic E-state index is 0.000724. The Balaban J connectivity index is 1.98. The maximum absolute atomic E-state index is 12.1. The Morgan fingerprint density at radius 1 is 1.32 bits per heavy atom. The predicted octanol–water partition coefficient (Wildman–Crippen LogP) is 0.444. The van der Waals surface area contributed by atoms with Gasteiger partial charge < -0.3 is 9.64 Å². The van der Waals surface area contributed by atoms with Crippen LogP contribution < -0.4 is 14.4 Å². The summed E-state index contributed by atoms with van der Waals surface area (Å²) in [5.74, 6) is 0.689. The van der Waals surface area contributed by atoms with E-state index in [4.69, 9.17) is 4.74 Å². The van der Waals surface area contributed by atoms with E-state index >= 15 is 0 Å². The SMILES string of the molecule is COc1ccc(N2C[C@H](CNS(=O)(=O)N(C)C)CC2=O)cc1. The van der Waals surface area contributed by atoms with Crippen molar-refractivity contribution in [3.8, 4) is 5.75 Å². The molecule has 2 rings (SSSR count). The summed E-state index contributed by atoms with van der Waals surface area (Å²) in [6.07, 6.45) is 0.335. The first kappa shape index (κ1) is 16.7. The fourth-order valence-electron chi connectivity index (χ4n) is 2.28. The van der Waals surface area contributed by atoms with E-state index in [1.165, 1.54) is 14.1 Å². The van der Waals surface area contributed by atoms with E-state index in [1.54, 1.807) is 24.1 Å². The molecule has 0 aliphatic carbocycles. The summed E-state index contributed by atoms with van der Waals surface area (Å²) in [6, 6.07) is 7.24. The fourth-order valence-corrected chi connectivity index (χ4v) is 2.99. The second kappa shape index (κ2) is 6.64. The third kappa shape index (κ3) is 3.76. The Bertz CT molecular complexity index is 628. The molecule has 1 heterocycles. The minimum Gasteiger partial charge on any atom is -0.497 e. The number of amides is 1. The second-order valence-corrected chi connectivity index (χ2v) is 7.38. The summed E-state index contributed by atoms with van der Waals surface area (Å²) in [5, 5.41) is 0. The van der Waals surface area contributed by atoms with Gasteiger partial charge in [0.25, 0.3) is 10.2 Å². The van der Waals surface area contributed by atoms with Crippen LogP contribution in [0.3, 0.4) is 0 Å². The van der Waals surface area contributed by atoms with Crippen LogP contribution in [0.2, 0.25) is 0 Å². The molecule has 0 aromatic heterocycles. The Hall–Kier alpha value is -1.64. The maximum Gasteiger partial charge on any atom is 0.278 e. The van der Waals surface area contributed by atoms with Gasteiger partial charge in [-0.25, -0.2) is 4.72 Å². The molecule has 1 saturated heterocycles. The molecule has 0 saturated carbocycles. The minimum atomic E-state index is -3.46. The van der Waals surface area contributed by atoms with Crippen molar-refractivity contribution < 1.29 is 17.9 Å². The van der Waals surface area contributed by atoms with E-state index in [9.17, 15) is 13.2 Å². The molecule has 7 nitrogen and oxygen atoms in total. The molecule has 22 heavy (non-hydrogen) atoms. The molecule has 0 radical (unpaired) electrons. The Kier molecular flexibility index (Phi) is 5.05. The lowest BCUT2D eigenvalue weighted by atomic mass is 10.1. The summed E-state index contributed by atoms with van der Waals surface area (Å²) >= 11 is 0. The van der Waals surface area contributed by atoms with Gasteiger partial charge in [-0.05, 0) is 30.2 Å². The van der Waals surface area contributed by atoms with Gasteiger partial charge in [-0.2, -0.15) is 12.7 Å². The normalized spacial score (nSPS) is 19.0. The van der Waals surface area contributed by atoms with Crippen molar-refractivity contribution >= 4 is 21.8 Å². The predicted molar refractivity (Wildman–Crippen MR) is 84.1 cm³/mol. The lowest BCUT2D eigenvalue weighted by Crippen LogP contribution is -2.38. The quantitative estimate of drug-likeness (QED) is 0.822. The van der Waals surface area contributed by atoms with Crippen LogP contribution in [0, 0.1) is 5.92 Å². The van der Waals surface area contributed by atoms with Crippen molar-refractivity contribution in [1.82, 2.24) is 9.03 Å². The lowest BCUT2D eigenvalue weighted by Gasteiger charge is -2.18. The topological polar surface area (TPSA) is 79.0 Å². The van der Waals surface area contributed by atoms with E-state index in [1.807, 2.05) is 12.1 Å². The summed E-state index contributed by atoms with van der Waals surface area (Å²) in [7, 11) is 1.06. The van der Waals surface area contributed by atoms with E-state index in [0.717, 1.165) is 15.7 Å². The van der Waals surface area contributed by atoms with Crippen LogP contribution in [0.1, 0.15) is 6.42 Å². The maximum atomic E-state index is 12.1. The molecule has 1 aromatic carbocycles. The Morgan fingerprint density at radius 3 is 2.50 bits per heavy atom. The number of benzene rings is 1. The fraction of sp³-hybridized carbons (Fsp3) is 0.500. The highest BCUT2D eigenvalue weighted by Crippen LogP contribution is 2.26. The molecular formula is C14H21N3O4S. The number of carbonyl (C=O) groups excluding carboxylic acids is 1. The molecule has 1 atom stereocenters. The molecule has 0 bridgehead atoms. The number of rotatable bonds is 6. The average Bonchev–Trinajstić information content (AvgIpc) is 2.86. The largest absolute Gasteiger partial charge is 0.497 e. The highest BCUT2D eigenvalue weighted by Gasteiger charge is 2.31. The van der Waals surface area contributed by atoms with E-state index < -0.39 is 10.2 Å². The Labute approximate surface area is 131 Å². The zero-order valence-electron chi connectivity index (χ0n) is 12.9. The smallest absolute Gasteiger partial charge is 0.278 e. The van der Waals surface area contributed by atoms with Crippen LogP contribution in [-0.4, -0.2) is 52.9 Å². The summed E-state index contributed by atoms with van der Waals surface area (Å²) < 4.78 is 32.1. The molecule has 1 aliphatic rings. The molecule has 122 valence electrons. The zero-order valence-corrected chi connectivity index (χ0v) is 13.8. The molecule has 1 amide bonds. The van der Waals surface area contributed by atoms with Gasteiger partial charge in [0, 0.05) is 39.3 Å². The molecule has 8 heteroatoms. The van der Waals surface area contributed by atoms with Crippen LogP contribution in [0.4, 0.5) is 5.69 Å². The van der Waals surface area contributed by atoms with Gasteiger partial charge in [0.1, 0.15) is 5.75 Å². The van der Waals surface area contributed by atoms with Gasteiger partial charge in [-0.3, -0.25) is 4.79 Å². The number of ether oxygens (including phenoxy) is 1. The summed E-state index contributed by atoms with van der Waals surface area (Å²) in [6.45, 7) is 0.750. The summed E-state index contributed by atoms with van der Waals surface area (Å²) in [5.41, 5.74) is 0.795. The number of methoxy groups -OCH3 is 1. The number of anilines is 1. The van der Waals surface area contributed by atoms with Crippen LogP contribution in [0.15, 0.2) is 24.3 Å². The molecule has 1 fully saturated rings. The first-order valence-electron chi connectivity index (χ1n) is 6.95. The number of hydrogen-bond acceptors (Lipinski definition) is 4. The monoisotopic (exact) mass is 327 g/mol.